The van der Waals surface area contributed by atoms with Gasteiger partial charge in [0, 0.05) is 23.2 Å². The van der Waals surface area contributed by atoms with E-state index in [1.807, 2.05) is 32.0 Å². The first-order chi connectivity index (χ1) is 7.08. The van der Waals surface area contributed by atoms with Gasteiger partial charge in [0.05, 0.1) is 0 Å². The summed E-state index contributed by atoms with van der Waals surface area (Å²) in [5.74, 6) is 0.312. The van der Waals surface area contributed by atoms with Crippen LogP contribution in [0.2, 0.25) is 0 Å². The van der Waals surface area contributed by atoms with E-state index in [-0.39, 0.29) is 11.7 Å². The van der Waals surface area contributed by atoms with Crippen LogP contribution in [0.15, 0.2) is 18.2 Å². The van der Waals surface area contributed by atoms with Gasteiger partial charge < -0.3 is 5.32 Å². The zero-order valence-electron chi connectivity index (χ0n) is 9.50. The number of fused-ring (bicyclic) bond motifs is 1. The fourth-order valence-corrected chi connectivity index (χ4v) is 2.04. The maximum atomic E-state index is 11.8. The Labute approximate surface area is 90.7 Å². The highest BCUT2D eigenvalue weighted by Gasteiger charge is 2.19. The molecule has 1 N–H and O–H groups in total. The van der Waals surface area contributed by atoms with E-state index in [1.165, 1.54) is 11.3 Å². The lowest BCUT2D eigenvalue weighted by molar-refractivity contribution is 0.0939. The first kappa shape index (κ1) is 10.2. The van der Waals surface area contributed by atoms with Gasteiger partial charge in [0.2, 0.25) is 0 Å². The number of Topliss-reactive ketones (excluding diaryl/α,β-unsaturated/α-hetero) is 1. The van der Waals surface area contributed by atoms with Gasteiger partial charge in [0.1, 0.15) is 0 Å². The molecule has 1 unspecified atom stereocenters. The topological polar surface area (TPSA) is 29.1 Å². The van der Waals surface area contributed by atoms with Gasteiger partial charge >= 0.3 is 0 Å². The maximum Gasteiger partial charge on any atom is 0.165 e. The van der Waals surface area contributed by atoms with Gasteiger partial charge in [-0.2, -0.15) is 0 Å². The number of carbonyl (C=O) groups excluding carboxylic acids is 1. The number of rotatable bonds is 2. The molecule has 0 saturated carbocycles. The molecule has 0 bridgehead atoms. The van der Waals surface area contributed by atoms with Crippen LogP contribution in [0, 0.1) is 5.92 Å². The van der Waals surface area contributed by atoms with Crippen LogP contribution in [0.4, 0.5) is 5.69 Å². The Kier molecular flexibility index (Phi) is 2.51. The zero-order chi connectivity index (χ0) is 11.0. The standard InChI is InChI=1S/C13H17NO/c1-8(2)13(15)10-4-5-12-11(7-10)6-9(3)14-12/h4-5,7-9,14H,6H2,1-3H3. The van der Waals surface area contributed by atoms with E-state index in [1.54, 1.807) is 0 Å². The number of anilines is 1. The third kappa shape index (κ3) is 1.89. The number of hydrogen-bond acceptors (Lipinski definition) is 2. The summed E-state index contributed by atoms with van der Waals surface area (Å²) in [5.41, 5.74) is 3.30. The quantitative estimate of drug-likeness (QED) is 0.749. The maximum absolute atomic E-state index is 11.8. The molecule has 15 heavy (non-hydrogen) atoms. The van der Waals surface area contributed by atoms with Crippen molar-refractivity contribution in [1.82, 2.24) is 0 Å². The summed E-state index contributed by atoms with van der Waals surface area (Å²) in [6, 6.07) is 6.47. The molecule has 80 valence electrons. The smallest absolute Gasteiger partial charge is 0.165 e. The van der Waals surface area contributed by atoms with Crippen molar-refractivity contribution in [2.75, 3.05) is 5.32 Å². The van der Waals surface area contributed by atoms with Gasteiger partial charge in [-0.1, -0.05) is 13.8 Å². The normalized spacial score (nSPS) is 18.8. The number of nitrogens with one attached hydrogen (secondary N) is 1. The molecule has 1 heterocycles. The Morgan fingerprint density at radius 3 is 2.87 bits per heavy atom. The highest BCUT2D eigenvalue weighted by atomic mass is 16.1. The zero-order valence-corrected chi connectivity index (χ0v) is 9.50. The molecule has 1 aliphatic rings. The molecule has 2 nitrogen and oxygen atoms in total. The van der Waals surface area contributed by atoms with Crippen molar-refractivity contribution in [3.05, 3.63) is 29.3 Å². The van der Waals surface area contributed by atoms with Crippen molar-refractivity contribution in [3.8, 4) is 0 Å². The highest BCUT2D eigenvalue weighted by molar-refractivity contribution is 5.98. The molecule has 1 atom stereocenters. The minimum atomic E-state index is 0.0786. The number of carbonyl (C=O) groups is 1. The second-order valence-electron chi connectivity index (χ2n) is 4.64. The Morgan fingerprint density at radius 2 is 2.20 bits per heavy atom. The second kappa shape index (κ2) is 3.69. The first-order valence-corrected chi connectivity index (χ1v) is 5.51. The first-order valence-electron chi connectivity index (χ1n) is 5.51. The largest absolute Gasteiger partial charge is 0.382 e. The van der Waals surface area contributed by atoms with Crippen LogP contribution in [0.1, 0.15) is 36.7 Å². The minimum Gasteiger partial charge on any atom is -0.382 e. The summed E-state index contributed by atoms with van der Waals surface area (Å²) in [7, 11) is 0. The molecular formula is C13H17NO. The van der Waals surface area contributed by atoms with Gasteiger partial charge in [-0.15, -0.1) is 0 Å². The third-order valence-electron chi connectivity index (χ3n) is 2.84. The molecule has 0 spiro atoms. The van der Waals surface area contributed by atoms with Gasteiger partial charge in [0.25, 0.3) is 0 Å². The van der Waals surface area contributed by atoms with Crippen LogP contribution in [0.25, 0.3) is 0 Å². The van der Waals surface area contributed by atoms with Gasteiger partial charge in [0.15, 0.2) is 5.78 Å². The van der Waals surface area contributed by atoms with Crippen LogP contribution in [0.3, 0.4) is 0 Å². The van der Waals surface area contributed by atoms with Crippen molar-refractivity contribution in [1.29, 1.82) is 0 Å². The number of ketones is 1. The van der Waals surface area contributed by atoms with Gasteiger partial charge in [-0.05, 0) is 37.1 Å². The predicted molar refractivity (Wildman–Crippen MR) is 62.4 cm³/mol. The van der Waals surface area contributed by atoms with Crippen molar-refractivity contribution in [3.63, 3.8) is 0 Å². The molecule has 0 aliphatic carbocycles. The summed E-state index contributed by atoms with van der Waals surface area (Å²) in [6.07, 6.45) is 1.02. The summed E-state index contributed by atoms with van der Waals surface area (Å²) >= 11 is 0. The van der Waals surface area contributed by atoms with E-state index in [9.17, 15) is 4.79 Å². The molecular weight excluding hydrogens is 186 g/mol. The van der Waals surface area contributed by atoms with E-state index in [0.717, 1.165) is 12.0 Å². The lowest BCUT2D eigenvalue weighted by Gasteiger charge is -2.06. The molecule has 2 rings (SSSR count). The van der Waals surface area contributed by atoms with E-state index in [2.05, 4.69) is 12.2 Å². The lowest BCUT2D eigenvalue weighted by Crippen LogP contribution is -2.08. The Balaban J connectivity index is 2.31. The molecule has 0 aromatic heterocycles. The van der Waals surface area contributed by atoms with Crippen molar-refractivity contribution in [2.24, 2.45) is 5.92 Å². The molecule has 0 amide bonds. The SMILES string of the molecule is CC1Cc2cc(C(=O)C(C)C)ccc2N1. The third-order valence-corrected chi connectivity index (χ3v) is 2.84. The molecule has 1 aliphatic heterocycles. The van der Waals surface area contributed by atoms with Crippen molar-refractivity contribution < 1.29 is 4.79 Å². The summed E-state index contributed by atoms with van der Waals surface area (Å²) in [6.45, 7) is 6.04. The molecule has 1 aromatic rings. The summed E-state index contributed by atoms with van der Waals surface area (Å²) in [5, 5.41) is 3.38. The highest BCUT2D eigenvalue weighted by Crippen LogP contribution is 2.27. The monoisotopic (exact) mass is 203 g/mol. The van der Waals surface area contributed by atoms with Gasteiger partial charge in [-0.3, -0.25) is 4.79 Å². The fraction of sp³-hybridized carbons (Fsp3) is 0.462. The fourth-order valence-electron chi connectivity index (χ4n) is 2.04. The van der Waals surface area contributed by atoms with E-state index >= 15 is 0 Å². The number of hydrogen-bond donors (Lipinski definition) is 1. The Hall–Kier alpha value is -1.31. The van der Waals surface area contributed by atoms with E-state index in [0.29, 0.717) is 6.04 Å². The van der Waals surface area contributed by atoms with Crippen LogP contribution < -0.4 is 5.32 Å². The lowest BCUT2D eigenvalue weighted by atomic mass is 9.98. The molecule has 0 saturated heterocycles. The Morgan fingerprint density at radius 1 is 1.47 bits per heavy atom. The molecule has 0 fully saturated rings. The van der Waals surface area contributed by atoms with Crippen LogP contribution in [-0.4, -0.2) is 11.8 Å². The predicted octanol–water partition coefficient (Wildman–Crippen LogP) is 2.88. The minimum absolute atomic E-state index is 0.0786. The molecule has 0 radical (unpaired) electrons. The van der Waals surface area contributed by atoms with Gasteiger partial charge in [-0.25, -0.2) is 0 Å². The number of benzene rings is 1. The average Bonchev–Trinajstić information content (AvgIpc) is 2.55. The van der Waals surface area contributed by atoms with Crippen molar-refractivity contribution in [2.45, 2.75) is 33.2 Å². The summed E-state index contributed by atoms with van der Waals surface area (Å²) in [4.78, 5) is 11.8. The van der Waals surface area contributed by atoms with Crippen LogP contribution in [0.5, 0.6) is 0 Å². The van der Waals surface area contributed by atoms with Crippen molar-refractivity contribution >= 4 is 11.5 Å². The molecule has 2 heteroatoms. The second-order valence-corrected chi connectivity index (χ2v) is 4.64. The molecule has 1 aromatic carbocycles. The van der Waals surface area contributed by atoms with Crippen LogP contribution in [-0.2, 0) is 6.42 Å². The van der Waals surface area contributed by atoms with E-state index in [4.69, 9.17) is 0 Å². The Bertz CT molecular complexity index is 396. The summed E-state index contributed by atoms with van der Waals surface area (Å²) < 4.78 is 0. The van der Waals surface area contributed by atoms with E-state index < -0.39 is 0 Å². The average molecular weight is 203 g/mol. The van der Waals surface area contributed by atoms with Crippen LogP contribution >= 0.6 is 0 Å².